The van der Waals surface area contributed by atoms with Crippen molar-refractivity contribution in [3.63, 3.8) is 0 Å². The van der Waals surface area contributed by atoms with Crippen LogP contribution in [0.5, 0.6) is 0 Å². The molecule has 0 spiro atoms. The Morgan fingerprint density at radius 3 is 2.07 bits per heavy atom. The zero-order valence-electron chi connectivity index (χ0n) is 10.1. The fraction of sp³-hybridized carbons (Fsp3) is 0.909. The first-order valence-electron chi connectivity index (χ1n) is 5.16. The quantitative estimate of drug-likeness (QED) is 0.687. The van der Waals surface area contributed by atoms with Gasteiger partial charge in [0.2, 0.25) is 5.91 Å². The Bertz CT molecular complexity index is 244. The van der Waals surface area contributed by atoms with Crippen LogP contribution >= 0.6 is 0 Å². The van der Waals surface area contributed by atoms with E-state index in [1.54, 1.807) is 4.90 Å². The molecule has 0 aromatic rings. The van der Waals surface area contributed by atoms with Crippen LogP contribution in [0.25, 0.3) is 0 Å². The van der Waals surface area contributed by atoms with E-state index >= 15 is 0 Å². The first-order valence-corrected chi connectivity index (χ1v) is 5.16. The Balaban J connectivity index is 2.85. The van der Waals surface area contributed by atoms with Gasteiger partial charge in [0.1, 0.15) is 0 Å². The molecule has 3 nitrogen and oxygen atoms in total. The van der Waals surface area contributed by atoms with Gasteiger partial charge >= 0.3 is 0 Å². The number of carbonyl (C=O) groups excluding carboxylic acids is 1. The molecular weight excluding hydrogens is 176 g/mol. The first-order chi connectivity index (χ1) is 6.16. The number of nitrogens with zero attached hydrogens (tertiary/aromatic N) is 1. The highest BCUT2D eigenvalue weighted by atomic mass is 16.2. The third-order valence-electron chi connectivity index (χ3n) is 2.99. The van der Waals surface area contributed by atoms with E-state index in [2.05, 4.69) is 33.0 Å². The normalized spacial score (nSPS) is 28.9. The summed E-state index contributed by atoms with van der Waals surface area (Å²) in [7, 11) is 3.65. The summed E-state index contributed by atoms with van der Waals surface area (Å²) in [5, 5.41) is 3.51. The van der Waals surface area contributed by atoms with Crippen LogP contribution in [0.3, 0.4) is 0 Å². The minimum absolute atomic E-state index is 0.0693. The van der Waals surface area contributed by atoms with E-state index < -0.39 is 0 Å². The lowest BCUT2D eigenvalue weighted by Gasteiger charge is -2.29. The molecule has 1 atom stereocenters. The van der Waals surface area contributed by atoms with Crippen molar-refractivity contribution in [2.45, 2.75) is 45.2 Å². The average Bonchev–Trinajstić information content (AvgIpc) is 2.17. The molecule has 1 aliphatic heterocycles. The van der Waals surface area contributed by atoms with Crippen LogP contribution in [0.1, 0.15) is 34.1 Å². The molecule has 0 aromatic carbocycles. The van der Waals surface area contributed by atoms with Gasteiger partial charge in [-0.2, -0.15) is 0 Å². The van der Waals surface area contributed by atoms with Crippen molar-refractivity contribution in [3.05, 3.63) is 0 Å². The molecule has 1 unspecified atom stereocenters. The van der Waals surface area contributed by atoms with Gasteiger partial charge in [0.05, 0.1) is 5.92 Å². The largest absolute Gasteiger partial charge is 0.349 e. The molecule has 1 saturated heterocycles. The Kier molecular flexibility index (Phi) is 2.65. The SMILES string of the molecule is CN(C)C(=O)C1CC(C)(C)NC1(C)C. The predicted octanol–water partition coefficient (Wildman–Crippen LogP) is 1.24. The second-order valence-electron chi connectivity index (χ2n) is 5.72. The Labute approximate surface area is 86.9 Å². The summed E-state index contributed by atoms with van der Waals surface area (Å²) in [6, 6.07) is 0. The van der Waals surface area contributed by atoms with Gasteiger partial charge in [0.15, 0.2) is 0 Å². The minimum atomic E-state index is -0.0924. The van der Waals surface area contributed by atoms with Crippen LogP contribution in [0.15, 0.2) is 0 Å². The molecule has 82 valence electrons. The molecule has 14 heavy (non-hydrogen) atoms. The second-order valence-corrected chi connectivity index (χ2v) is 5.72. The van der Waals surface area contributed by atoms with Gasteiger partial charge in [-0.25, -0.2) is 0 Å². The average molecular weight is 198 g/mol. The molecule has 0 radical (unpaired) electrons. The van der Waals surface area contributed by atoms with Crippen molar-refractivity contribution in [2.24, 2.45) is 5.92 Å². The third-order valence-corrected chi connectivity index (χ3v) is 2.99. The molecule has 0 aliphatic carbocycles. The molecule has 3 heteroatoms. The van der Waals surface area contributed by atoms with E-state index in [1.165, 1.54) is 0 Å². The molecule has 0 aromatic heterocycles. The van der Waals surface area contributed by atoms with Gasteiger partial charge in [0.25, 0.3) is 0 Å². The third kappa shape index (κ3) is 2.08. The Hall–Kier alpha value is -0.570. The van der Waals surface area contributed by atoms with E-state index in [-0.39, 0.29) is 22.9 Å². The predicted molar refractivity (Wildman–Crippen MR) is 58.1 cm³/mol. The number of amides is 1. The van der Waals surface area contributed by atoms with Crippen molar-refractivity contribution >= 4 is 5.91 Å². The van der Waals surface area contributed by atoms with Gasteiger partial charge in [-0.3, -0.25) is 4.79 Å². The summed E-state index contributed by atoms with van der Waals surface area (Å²) in [4.78, 5) is 13.6. The molecule has 0 saturated carbocycles. The highest BCUT2D eigenvalue weighted by molar-refractivity contribution is 5.80. The maximum Gasteiger partial charge on any atom is 0.227 e. The Morgan fingerprint density at radius 2 is 1.79 bits per heavy atom. The molecule has 1 amide bonds. The molecule has 1 heterocycles. The van der Waals surface area contributed by atoms with Crippen LogP contribution < -0.4 is 5.32 Å². The van der Waals surface area contributed by atoms with Gasteiger partial charge in [-0.1, -0.05) is 0 Å². The smallest absolute Gasteiger partial charge is 0.227 e. The number of nitrogens with one attached hydrogen (secondary N) is 1. The van der Waals surface area contributed by atoms with E-state index in [0.29, 0.717) is 0 Å². The van der Waals surface area contributed by atoms with Crippen LogP contribution in [-0.4, -0.2) is 36.0 Å². The molecule has 1 N–H and O–H groups in total. The van der Waals surface area contributed by atoms with Crippen LogP contribution in [0.4, 0.5) is 0 Å². The van der Waals surface area contributed by atoms with Crippen molar-refractivity contribution in [1.82, 2.24) is 10.2 Å². The topological polar surface area (TPSA) is 32.3 Å². The second kappa shape index (κ2) is 3.23. The standard InChI is InChI=1S/C11H22N2O/c1-10(2)7-8(9(14)13(5)6)11(3,4)12-10/h8,12H,7H2,1-6H3. The summed E-state index contributed by atoms with van der Waals surface area (Å²) in [6.45, 7) is 8.51. The molecule has 1 aliphatic rings. The molecule has 1 rings (SSSR count). The highest BCUT2D eigenvalue weighted by Gasteiger charge is 2.47. The summed E-state index contributed by atoms with van der Waals surface area (Å²) >= 11 is 0. The molecular formula is C11H22N2O. The monoisotopic (exact) mass is 198 g/mol. The van der Waals surface area contributed by atoms with Crippen molar-refractivity contribution in [2.75, 3.05) is 14.1 Å². The van der Waals surface area contributed by atoms with Crippen molar-refractivity contribution in [1.29, 1.82) is 0 Å². The zero-order chi connectivity index (χ0) is 11.1. The fourth-order valence-corrected chi connectivity index (χ4v) is 2.48. The van der Waals surface area contributed by atoms with Gasteiger partial charge in [-0.15, -0.1) is 0 Å². The lowest BCUT2D eigenvalue weighted by molar-refractivity contribution is -0.134. The zero-order valence-corrected chi connectivity index (χ0v) is 10.1. The minimum Gasteiger partial charge on any atom is -0.349 e. The van der Waals surface area contributed by atoms with Crippen molar-refractivity contribution < 1.29 is 4.79 Å². The lowest BCUT2D eigenvalue weighted by atomic mass is 9.86. The van der Waals surface area contributed by atoms with Crippen LogP contribution in [0.2, 0.25) is 0 Å². The maximum absolute atomic E-state index is 11.9. The Morgan fingerprint density at radius 1 is 1.29 bits per heavy atom. The lowest BCUT2D eigenvalue weighted by Crippen LogP contribution is -2.48. The number of hydrogen-bond donors (Lipinski definition) is 1. The van der Waals surface area contributed by atoms with E-state index in [4.69, 9.17) is 0 Å². The number of rotatable bonds is 1. The number of hydrogen-bond acceptors (Lipinski definition) is 2. The first kappa shape index (κ1) is 11.5. The van der Waals surface area contributed by atoms with Gasteiger partial charge in [0, 0.05) is 25.2 Å². The summed E-state index contributed by atoms with van der Waals surface area (Å²) in [6.07, 6.45) is 0.914. The van der Waals surface area contributed by atoms with E-state index in [1.807, 2.05) is 14.1 Å². The fourth-order valence-electron chi connectivity index (χ4n) is 2.48. The van der Waals surface area contributed by atoms with Crippen molar-refractivity contribution in [3.8, 4) is 0 Å². The van der Waals surface area contributed by atoms with Crippen LogP contribution in [-0.2, 0) is 4.79 Å². The molecule has 0 bridgehead atoms. The van der Waals surface area contributed by atoms with Crippen LogP contribution in [0, 0.1) is 5.92 Å². The van der Waals surface area contributed by atoms with E-state index in [0.717, 1.165) is 6.42 Å². The van der Waals surface area contributed by atoms with Gasteiger partial charge in [-0.05, 0) is 34.1 Å². The number of carbonyl (C=O) groups is 1. The molecule has 1 fully saturated rings. The summed E-state index contributed by atoms with van der Waals surface area (Å²) in [5.41, 5.74) is -0.0231. The summed E-state index contributed by atoms with van der Waals surface area (Å²) in [5.74, 6) is 0.320. The summed E-state index contributed by atoms with van der Waals surface area (Å²) < 4.78 is 0. The van der Waals surface area contributed by atoms with E-state index in [9.17, 15) is 4.79 Å². The van der Waals surface area contributed by atoms with Gasteiger partial charge < -0.3 is 10.2 Å². The maximum atomic E-state index is 11.9. The highest BCUT2D eigenvalue weighted by Crippen LogP contribution is 2.36.